The van der Waals surface area contributed by atoms with Gasteiger partial charge in [0.2, 0.25) is 0 Å². The number of hydrogen-bond donors (Lipinski definition) is 3. The number of carbonyl (C=O) groups excluding carboxylic acids is 1. The summed E-state index contributed by atoms with van der Waals surface area (Å²) in [5.41, 5.74) is 8.31. The van der Waals surface area contributed by atoms with Gasteiger partial charge in [-0.05, 0) is 60.8 Å². The molecular formula is C23H29NO3S. The van der Waals surface area contributed by atoms with Crippen molar-refractivity contribution in [3.05, 3.63) is 65.2 Å². The van der Waals surface area contributed by atoms with E-state index < -0.39 is 0 Å². The van der Waals surface area contributed by atoms with Crippen LogP contribution in [0.15, 0.2) is 53.4 Å². The van der Waals surface area contributed by atoms with Gasteiger partial charge in [-0.3, -0.25) is 4.79 Å². The van der Waals surface area contributed by atoms with E-state index in [0.29, 0.717) is 12.5 Å². The lowest BCUT2D eigenvalue weighted by molar-refractivity contribution is 0.104. The zero-order chi connectivity index (χ0) is 20.5. The third-order valence-corrected chi connectivity index (χ3v) is 5.52. The van der Waals surface area contributed by atoms with Gasteiger partial charge in [0, 0.05) is 11.4 Å². The normalized spacial score (nSPS) is 12.4. The number of rotatable bonds is 10. The lowest BCUT2D eigenvalue weighted by Gasteiger charge is -2.16. The van der Waals surface area contributed by atoms with E-state index in [4.69, 9.17) is 5.73 Å². The Morgan fingerprint density at radius 2 is 2.00 bits per heavy atom. The maximum atomic E-state index is 12.4. The topological polar surface area (TPSA) is 83.5 Å². The largest absolute Gasteiger partial charge is 0.504 e. The van der Waals surface area contributed by atoms with Gasteiger partial charge in [0.1, 0.15) is 0 Å². The van der Waals surface area contributed by atoms with E-state index in [1.165, 1.54) is 29.5 Å². The van der Waals surface area contributed by atoms with Gasteiger partial charge >= 0.3 is 0 Å². The minimum Gasteiger partial charge on any atom is -0.504 e. The summed E-state index contributed by atoms with van der Waals surface area (Å²) >= 11 is 1.41. The van der Waals surface area contributed by atoms with Crippen molar-refractivity contribution in [3.8, 4) is 11.5 Å². The van der Waals surface area contributed by atoms with Crippen LogP contribution in [0, 0.1) is 0 Å². The van der Waals surface area contributed by atoms with Crippen molar-refractivity contribution in [2.45, 2.75) is 50.0 Å². The van der Waals surface area contributed by atoms with E-state index in [0.717, 1.165) is 36.1 Å². The predicted octanol–water partition coefficient (Wildman–Crippen LogP) is 5.38. The van der Waals surface area contributed by atoms with Crippen molar-refractivity contribution in [1.29, 1.82) is 0 Å². The van der Waals surface area contributed by atoms with Crippen molar-refractivity contribution in [2.75, 3.05) is 6.26 Å². The molecular weight excluding hydrogens is 370 g/mol. The summed E-state index contributed by atoms with van der Waals surface area (Å²) in [4.78, 5) is 13.2. The number of allylic oxidation sites excluding steroid dienone is 2. The molecule has 4 N–H and O–H groups in total. The Bertz CT molecular complexity index is 833. The molecule has 0 heterocycles. The van der Waals surface area contributed by atoms with Gasteiger partial charge in [-0.15, -0.1) is 11.8 Å². The van der Waals surface area contributed by atoms with E-state index in [9.17, 15) is 15.0 Å². The molecule has 0 saturated carbocycles. The number of nitrogens with two attached hydrogens (primary N) is 1. The SMILES string of the molecule is CCCC(CC/C=C/C(=O)c1cc(SC)cc(O)c1O)c1cccc(CN)c1. The summed E-state index contributed by atoms with van der Waals surface area (Å²) in [7, 11) is 0. The first-order valence-corrected chi connectivity index (χ1v) is 10.8. The molecule has 28 heavy (non-hydrogen) atoms. The Hall–Kier alpha value is -2.24. The summed E-state index contributed by atoms with van der Waals surface area (Å²) in [5.74, 6) is -0.518. The predicted molar refractivity (Wildman–Crippen MR) is 116 cm³/mol. The number of benzene rings is 2. The molecule has 0 bridgehead atoms. The number of aromatic hydroxyl groups is 2. The fourth-order valence-corrected chi connectivity index (χ4v) is 3.74. The van der Waals surface area contributed by atoms with Crippen LogP contribution in [0.4, 0.5) is 0 Å². The fourth-order valence-electron chi connectivity index (χ4n) is 3.28. The van der Waals surface area contributed by atoms with Gasteiger partial charge in [0.05, 0.1) is 5.56 Å². The molecule has 0 aromatic heterocycles. The smallest absolute Gasteiger partial charge is 0.189 e. The van der Waals surface area contributed by atoms with E-state index >= 15 is 0 Å². The summed E-state index contributed by atoms with van der Waals surface area (Å²) < 4.78 is 0. The number of phenols is 2. The molecule has 0 fully saturated rings. The molecule has 4 nitrogen and oxygen atoms in total. The van der Waals surface area contributed by atoms with Crippen LogP contribution in [0.1, 0.15) is 60.0 Å². The molecule has 0 aliphatic carbocycles. The van der Waals surface area contributed by atoms with Crippen LogP contribution in [-0.4, -0.2) is 22.3 Å². The molecule has 0 radical (unpaired) electrons. The second-order valence-electron chi connectivity index (χ2n) is 6.82. The van der Waals surface area contributed by atoms with Crippen LogP contribution in [0.25, 0.3) is 0 Å². The minimum absolute atomic E-state index is 0.126. The van der Waals surface area contributed by atoms with E-state index in [2.05, 4.69) is 19.1 Å². The molecule has 150 valence electrons. The highest BCUT2D eigenvalue weighted by atomic mass is 32.2. The lowest BCUT2D eigenvalue weighted by atomic mass is 9.89. The first-order valence-electron chi connectivity index (χ1n) is 9.59. The molecule has 1 unspecified atom stereocenters. The van der Waals surface area contributed by atoms with Crippen LogP contribution in [0.2, 0.25) is 0 Å². The molecule has 5 heteroatoms. The quantitative estimate of drug-likeness (QED) is 0.216. The first-order chi connectivity index (χ1) is 13.5. The van der Waals surface area contributed by atoms with Gasteiger partial charge < -0.3 is 15.9 Å². The van der Waals surface area contributed by atoms with Gasteiger partial charge in [0.25, 0.3) is 0 Å². The van der Waals surface area contributed by atoms with Gasteiger partial charge in [0.15, 0.2) is 17.3 Å². The molecule has 0 saturated heterocycles. The van der Waals surface area contributed by atoms with Gasteiger partial charge in [-0.25, -0.2) is 0 Å². The minimum atomic E-state index is -0.366. The van der Waals surface area contributed by atoms with Crippen molar-refractivity contribution in [3.63, 3.8) is 0 Å². The fraction of sp³-hybridized carbons (Fsp3) is 0.348. The van der Waals surface area contributed by atoms with Crippen LogP contribution >= 0.6 is 11.8 Å². The lowest BCUT2D eigenvalue weighted by Crippen LogP contribution is -2.02. The highest BCUT2D eigenvalue weighted by Crippen LogP contribution is 2.34. The average molecular weight is 400 g/mol. The van der Waals surface area contributed by atoms with E-state index in [1.54, 1.807) is 6.07 Å². The number of carbonyl (C=O) groups is 1. The summed E-state index contributed by atoms with van der Waals surface area (Å²) in [6, 6.07) is 11.5. The molecule has 2 rings (SSSR count). The van der Waals surface area contributed by atoms with Crippen molar-refractivity contribution >= 4 is 17.5 Å². The molecule has 2 aromatic carbocycles. The highest BCUT2D eigenvalue weighted by molar-refractivity contribution is 7.98. The van der Waals surface area contributed by atoms with Gasteiger partial charge in [-0.2, -0.15) is 0 Å². The monoisotopic (exact) mass is 399 g/mol. The van der Waals surface area contributed by atoms with Crippen LogP contribution < -0.4 is 5.73 Å². The van der Waals surface area contributed by atoms with Crippen molar-refractivity contribution in [1.82, 2.24) is 0 Å². The number of hydrogen-bond acceptors (Lipinski definition) is 5. The number of thioether (sulfide) groups is 1. The molecule has 0 amide bonds. The summed E-state index contributed by atoms with van der Waals surface area (Å²) in [6.45, 7) is 2.71. The summed E-state index contributed by atoms with van der Waals surface area (Å²) in [6.07, 6.45) is 9.06. The molecule has 0 aliphatic rings. The number of phenolic OH excluding ortho intramolecular Hbond substituents is 2. The van der Waals surface area contributed by atoms with E-state index in [-0.39, 0.29) is 22.8 Å². The Kier molecular flexibility index (Phi) is 8.61. The van der Waals surface area contributed by atoms with Gasteiger partial charge in [-0.1, -0.05) is 43.7 Å². The highest BCUT2D eigenvalue weighted by Gasteiger charge is 2.14. The Morgan fingerprint density at radius 3 is 2.68 bits per heavy atom. The zero-order valence-corrected chi connectivity index (χ0v) is 17.3. The molecule has 0 spiro atoms. The zero-order valence-electron chi connectivity index (χ0n) is 16.5. The molecule has 0 aliphatic heterocycles. The van der Waals surface area contributed by atoms with Crippen molar-refractivity contribution < 1.29 is 15.0 Å². The third-order valence-electron chi connectivity index (χ3n) is 4.81. The van der Waals surface area contributed by atoms with Crippen molar-refractivity contribution in [2.24, 2.45) is 5.73 Å². The maximum absolute atomic E-state index is 12.4. The third kappa shape index (κ3) is 5.88. The molecule has 2 aromatic rings. The Labute approximate surface area is 171 Å². The second kappa shape index (κ2) is 10.9. The van der Waals surface area contributed by atoms with E-state index in [1.807, 2.05) is 24.5 Å². The van der Waals surface area contributed by atoms with Crippen LogP contribution in [-0.2, 0) is 6.54 Å². The molecule has 1 atom stereocenters. The second-order valence-corrected chi connectivity index (χ2v) is 7.70. The average Bonchev–Trinajstić information content (AvgIpc) is 2.71. The standard InChI is InChI=1S/C23H29NO3S/c1-3-7-17(18-10-6-8-16(12-18)15-24)9-4-5-11-21(25)20-13-19(28-2)14-22(26)23(20)27/h5-6,8,10-14,17,26-27H,3-4,7,9,15,24H2,1-2H3/b11-5+. The summed E-state index contributed by atoms with van der Waals surface area (Å²) in [5, 5.41) is 19.8. The van der Waals surface area contributed by atoms with Crippen LogP contribution in [0.5, 0.6) is 11.5 Å². The van der Waals surface area contributed by atoms with Crippen LogP contribution in [0.3, 0.4) is 0 Å². The number of ketones is 1. The maximum Gasteiger partial charge on any atom is 0.189 e. The Balaban J connectivity index is 2.04. The first kappa shape index (κ1) is 22.1. The Morgan fingerprint density at radius 1 is 1.21 bits per heavy atom.